The second-order valence-corrected chi connectivity index (χ2v) is 6.91. The van der Waals surface area contributed by atoms with Crippen LogP contribution in [0.4, 0.5) is 5.69 Å². The molecule has 1 fully saturated rings. The molecule has 1 N–H and O–H groups in total. The zero-order valence-corrected chi connectivity index (χ0v) is 15.0. The number of benzene rings is 1. The molecule has 1 saturated heterocycles. The molecule has 0 unspecified atom stereocenters. The van der Waals surface area contributed by atoms with Crippen molar-refractivity contribution in [3.63, 3.8) is 0 Å². The molecule has 4 rings (SSSR count). The lowest BCUT2D eigenvalue weighted by molar-refractivity contribution is -0.122. The highest BCUT2D eigenvalue weighted by Gasteiger charge is 2.39. The lowest BCUT2D eigenvalue weighted by Gasteiger charge is -2.25. The van der Waals surface area contributed by atoms with Crippen LogP contribution in [0, 0.1) is 12.8 Å². The van der Waals surface area contributed by atoms with E-state index in [9.17, 15) is 4.79 Å². The largest absolute Gasteiger partial charge is 0.497 e. The van der Waals surface area contributed by atoms with Crippen LogP contribution in [0.15, 0.2) is 24.4 Å². The van der Waals surface area contributed by atoms with Gasteiger partial charge in [-0.05, 0) is 42.7 Å². The molecule has 2 aromatic rings. The fourth-order valence-corrected chi connectivity index (χ4v) is 4.08. The Bertz CT molecular complexity index is 814. The molecule has 1 amide bonds. The van der Waals surface area contributed by atoms with Gasteiger partial charge in [0.2, 0.25) is 5.91 Å². The number of rotatable bonds is 3. The fraction of sp³-hybridized carbons (Fsp3) is 0.474. The highest BCUT2D eigenvalue weighted by Crippen LogP contribution is 2.36. The first-order valence-corrected chi connectivity index (χ1v) is 8.77. The number of fused-ring (bicyclic) bond motifs is 1. The Morgan fingerprint density at radius 2 is 2.20 bits per heavy atom. The van der Waals surface area contributed by atoms with Crippen LogP contribution in [0.3, 0.4) is 0 Å². The van der Waals surface area contributed by atoms with Crippen molar-refractivity contribution in [1.29, 1.82) is 0 Å². The number of hydrogen-bond acceptors (Lipinski definition) is 4. The molecule has 3 heterocycles. The monoisotopic (exact) mass is 340 g/mol. The van der Waals surface area contributed by atoms with Gasteiger partial charge in [0.05, 0.1) is 19.2 Å². The SMILES string of the molecule is COc1ccc2c(c1)CCN2C(=O)[C@H]1CNC[C@@H]1c1cnn(C)c1C. The Balaban J connectivity index is 1.60. The number of amides is 1. The third-order valence-corrected chi connectivity index (χ3v) is 5.65. The third kappa shape index (κ3) is 2.61. The van der Waals surface area contributed by atoms with Crippen molar-refractivity contribution < 1.29 is 9.53 Å². The number of hydrogen-bond donors (Lipinski definition) is 1. The van der Waals surface area contributed by atoms with E-state index < -0.39 is 0 Å². The van der Waals surface area contributed by atoms with Crippen LogP contribution in [-0.4, -0.2) is 42.4 Å². The Morgan fingerprint density at radius 1 is 1.36 bits per heavy atom. The first-order valence-electron chi connectivity index (χ1n) is 8.77. The smallest absolute Gasteiger partial charge is 0.232 e. The molecule has 0 radical (unpaired) electrons. The second kappa shape index (κ2) is 6.19. The maximum Gasteiger partial charge on any atom is 0.232 e. The lowest BCUT2D eigenvalue weighted by atomic mass is 9.88. The summed E-state index contributed by atoms with van der Waals surface area (Å²) in [7, 11) is 3.62. The van der Waals surface area contributed by atoms with Crippen molar-refractivity contribution in [3.05, 3.63) is 41.2 Å². The summed E-state index contributed by atoms with van der Waals surface area (Å²) >= 11 is 0. The summed E-state index contributed by atoms with van der Waals surface area (Å²) in [6.07, 6.45) is 2.80. The van der Waals surface area contributed by atoms with Gasteiger partial charge in [-0.1, -0.05) is 0 Å². The molecule has 0 aliphatic carbocycles. The maximum absolute atomic E-state index is 13.3. The van der Waals surface area contributed by atoms with Crippen LogP contribution in [0.5, 0.6) is 5.75 Å². The molecule has 6 heteroatoms. The van der Waals surface area contributed by atoms with Crippen LogP contribution in [-0.2, 0) is 18.3 Å². The number of carbonyl (C=O) groups is 1. The predicted molar refractivity (Wildman–Crippen MR) is 96.1 cm³/mol. The number of anilines is 1. The Hall–Kier alpha value is -2.34. The standard InChI is InChI=1S/C19H24N4O2/c1-12-15(11-21-22(12)2)16-9-20-10-17(16)19(24)23-7-6-13-8-14(25-3)4-5-18(13)23/h4-5,8,11,16-17,20H,6-7,9-10H2,1-3H3/t16-,17+/m1/s1. The van der Waals surface area contributed by atoms with Gasteiger partial charge >= 0.3 is 0 Å². The van der Waals surface area contributed by atoms with Crippen molar-refractivity contribution in [1.82, 2.24) is 15.1 Å². The minimum absolute atomic E-state index is 0.0454. The van der Waals surface area contributed by atoms with E-state index in [1.165, 1.54) is 11.1 Å². The summed E-state index contributed by atoms with van der Waals surface area (Å²) in [6, 6.07) is 5.98. The van der Waals surface area contributed by atoms with Crippen LogP contribution in [0.1, 0.15) is 22.7 Å². The van der Waals surface area contributed by atoms with Gasteiger partial charge in [-0.2, -0.15) is 5.10 Å². The second-order valence-electron chi connectivity index (χ2n) is 6.91. The average Bonchev–Trinajstić information content (AvgIpc) is 3.33. The van der Waals surface area contributed by atoms with Crippen LogP contribution in [0.2, 0.25) is 0 Å². The van der Waals surface area contributed by atoms with Crippen molar-refractivity contribution in [2.24, 2.45) is 13.0 Å². The Morgan fingerprint density at radius 3 is 2.92 bits per heavy atom. The molecule has 2 aliphatic rings. The van der Waals surface area contributed by atoms with Crippen LogP contribution in [0.25, 0.3) is 0 Å². The van der Waals surface area contributed by atoms with E-state index in [2.05, 4.69) is 17.3 Å². The normalized spacial score (nSPS) is 22.3. The van der Waals surface area contributed by atoms with E-state index in [0.29, 0.717) is 0 Å². The summed E-state index contributed by atoms with van der Waals surface area (Å²) < 4.78 is 7.18. The molecule has 0 saturated carbocycles. The van der Waals surface area contributed by atoms with Gasteiger partial charge in [0.25, 0.3) is 0 Å². The van der Waals surface area contributed by atoms with Crippen LogP contribution < -0.4 is 15.0 Å². The molecule has 1 aromatic heterocycles. The summed E-state index contributed by atoms with van der Waals surface area (Å²) in [6.45, 7) is 4.36. The van der Waals surface area contributed by atoms with Gasteiger partial charge < -0.3 is 15.0 Å². The fourth-order valence-electron chi connectivity index (χ4n) is 4.08. The van der Waals surface area contributed by atoms with E-state index in [1.807, 2.05) is 41.0 Å². The molecule has 1 aromatic carbocycles. The molecule has 0 bridgehead atoms. The van der Waals surface area contributed by atoms with Crippen molar-refractivity contribution in [2.75, 3.05) is 31.6 Å². The number of aromatic nitrogens is 2. The predicted octanol–water partition coefficient (Wildman–Crippen LogP) is 1.63. The minimum Gasteiger partial charge on any atom is -0.497 e. The molecular weight excluding hydrogens is 316 g/mol. The molecule has 132 valence electrons. The van der Waals surface area contributed by atoms with Crippen molar-refractivity contribution >= 4 is 11.6 Å². The molecule has 6 nitrogen and oxygen atoms in total. The Kier molecular flexibility index (Phi) is 4.00. The topological polar surface area (TPSA) is 59.4 Å². The molecule has 2 atom stereocenters. The van der Waals surface area contributed by atoms with E-state index >= 15 is 0 Å². The molecule has 25 heavy (non-hydrogen) atoms. The minimum atomic E-state index is -0.0454. The number of carbonyl (C=O) groups excluding carboxylic acids is 1. The number of aryl methyl sites for hydroxylation is 1. The third-order valence-electron chi connectivity index (χ3n) is 5.65. The molecule has 0 spiro atoms. The molecule has 2 aliphatic heterocycles. The summed E-state index contributed by atoms with van der Waals surface area (Å²) in [5, 5.41) is 7.76. The van der Waals surface area contributed by atoms with Crippen molar-refractivity contribution in [2.45, 2.75) is 19.3 Å². The lowest BCUT2D eigenvalue weighted by Crippen LogP contribution is -2.37. The number of nitrogens with one attached hydrogen (secondary N) is 1. The van der Waals surface area contributed by atoms with Gasteiger partial charge in [0.15, 0.2) is 0 Å². The summed E-state index contributed by atoms with van der Waals surface area (Å²) in [4.78, 5) is 15.2. The maximum atomic E-state index is 13.3. The summed E-state index contributed by atoms with van der Waals surface area (Å²) in [5.74, 6) is 1.20. The van der Waals surface area contributed by atoms with Gasteiger partial charge in [0.1, 0.15) is 5.75 Å². The average molecular weight is 340 g/mol. The first-order chi connectivity index (χ1) is 12.1. The van der Waals surface area contributed by atoms with E-state index in [-0.39, 0.29) is 17.7 Å². The van der Waals surface area contributed by atoms with E-state index in [4.69, 9.17) is 4.74 Å². The first kappa shape index (κ1) is 16.1. The number of methoxy groups -OCH3 is 1. The Labute approximate surface area is 147 Å². The van der Waals surface area contributed by atoms with E-state index in [1.54, 1.807) is 7.11 Å². The highest BCUT2D eigenvalue weighted by atomic mass is 16.5. The summed E-state index contributed by atoms with van der Waals surface area (Å²) in [5.41, 5.74) is 4.53. The van der Waals surface area contributed by atoms with Gasteiger partial charge in [-0.15, -0.1) is 0 Å². The quantitative estimate of drug-likeness (QED) is 0.923. The highest BCUT2D eigenvalue weighted by molar-refractivity contribution is 5.98. The van der Waals surface area contributed by atoms with Gasteiger partial charge in [-0.3, -0.25) is 9.48 Å². The van der Waals surface area contributed by atoms with E-state index in [0.717, 1.165) is 43.2 Å². The van der Waals surface area contributed by atoms with Crippen molar-refractivity contribution in [3.8, 4) is 5.75 Å². The molecular formula is C19H24N4O2. The van der Waals surface area contributed by atoms with Gasteiger partial charge in [0, 0.05) is 44.0 Å². The van der Waals surface area contributed by atoms with Gasteiger partial charge in [-0.25, -0.2) is 0 Å². The number of ether oxygens (including phenoxy) is 1. The zero-order chi connectivity index (χ0) is 17.6. The zero-order valence-electron chi connectivity index (χ0n) is 15.0. The van der Waals surface area contributed by atoms with Crippen LogP contribution >= 0.6 is 0 Å². The number of nitrogens with zero attached hydrogens (tertiary/aromatic N) is 3.